The molecule has 1 aliphatic heterocycles. The molecule has 1 amide bonds. The van der Waals surface area contributed by atoms with Crippen LogP contribution < -0.4 is 4.90 Å². The summed E-state index contributed by atoms with van der Waals surface area (Å²) in [5, 5.41) is 0. The maximum Gasteiger partial charge on any atom is 0.416 e. The third-order valence-electron chi connectivity index (χ3n) is 2.44. The number of nitrogens with zero attached hydrogens (tertiary/aromatic N) is 1. The highest BCUT2D eigenvalue weighted by molar-refractivity contribution is 6.52. The Balaban J connectivity index is 2.57. The largest absolute Gasteiger partial charge is 0.416 e. The molecule has 1 aromatic carbocycles. The third-order valence-corrected chi connectivity index (χ3v) is 2.44. The monoisotopic (exact) mass is 265 g/mol. The van der Waals surface area contributed by atoms with E-state index >= 15 is 0 Å². The van der Waals surface area contributed by atoms with Crippen LogP contribution in [0.5, 0.6) is 0 Å². The molecule has 1 heterocycles. The average Bonchev–Trinajstić information content (AvgIpc) is 2.50. The van der Waals surface area contributed by atoms with E-state index in [1.54, 1.807) is 0 Å². The van der Waals surface area contributed by atoms with Crippen molar-refractivity contribution in [1.82, 2.24) is 0 Å². The molecule has 3 nitrogen and oxygen atoms in total. The van der Waals surface area contributed by atoms with Crippen molar-refractivity contribution in [3.05, 3.63) is 29.3 Å². The molecule has 0 atom stereocenters. The molecule has 0 aromatic heterocycles. The number of anilines is 1. The molecule has 96 valence electrons. The Kier molecular flexibility index (Phi) is 2.60. The number of rotatable bonds is 1. The minimum Gasteiger partial charge on any atom is -0.283 e. The summed E-state index contributed by atoms with van der Waals surface area (Å²) in [6.45, 7) is -3.28. The first-order chi connectivity index (χ1) is 8.23. The smallest absolute Gasteiger partial charge is 0.283 e. The summed E-state index contributed by atoms with van der Waals surface area (Å²) < 4.78 is 62.1. The molecular weight excluding hydrogens is 261 g/mol. The Morgan fingerprint density at radius 3 is 2.22 bits per heavy atom. The van der Waals surface area contributed by atoms with Crippen LogP contribution in [0.25, 0.3) is 0 Å². The van der Waals surface area contributed by atoms with Crippen LogP contribution in [0.4, 0.5) is 27.6 Å². The Bertz CT molecular complexity index is 538. The summed E-state index contributed by atoms with van der Waals surface area (Å²) in [6.07, 6.45) is -4.71. The third kappa shape index (κ3) is 1.73. The first kappa shape index (κ1) is 12.5. The summed E-state index contributed by atoms with van der Waals surface area (Å²) in [7, 11) is 0. The van der Waals surface area contributed by atoms with Gasteiger partial charge in [0.15, 0.2) is 0 Å². The zero-order chi connectivity index (χ0) is 13.7. The van der Waals surface area contributed by atoms with Crippen molar-refractivity contribution in [2.24, 2.45) is 0 Å². The van der Waals surface area contributed by atoms with Crippen molar-refractivity contribution in [1.29, 1.82) is 0 Å². The van der Waals surface area contributed by atoms with Crippen LogP contribution >= 0.6 is 0 Å². The van der Waals surface area contributed by atoms with Gasteiger partial charge in [0.05, 0.1) is 16.8 Å². The average molecular weight is 265 g/mol. The van der Waals surface area contributed by atoms with Gasteiger partial charge in [-0.15, -0.1) is 0 Å². The van der Waals surface area contributed by atoms with Gasteiger partial charge in [-0.3, -0.25) is 9.59 Å². The van der Waals surface area contributed by atoms with Crippen LogP contribution in [-0.4, -0.2) is 18.2 Å². The molecule has 0 spiro atoms. The lowest BCUT2D eigenvalue weighted by atomic mass is 10.1. The zero-order valence-electron chi connectivity index (χ0n) is 8.46. The molecule has 0 radical (unpaired) electrons. The minimum atomic E-state index is -4.71. The number of carbonyl (C=O) groups excluding carboxylic acids is 2. The van der Waals surface area contributed by atoms with Crippen molar-refractivity contribution < 1.29 is 31.5 Å². The first-order valence-electron chi connectivity index (χ1n) is 4.61. The number of amides is 1. The van der Waals surface area contributed by atoms with Gasteiger partial charge in [0, 0.05) is 0 Å². The SMILES string of the molecule is O=C1C(=O)N(C(F)F)c2ccc(C(F)(F)F)cc21. The predicted molar refractivity (Wildman–Crippen MR) is 49.3 cm³/mol. The fourth-order valence-corrected chi connectivity index (χ4v) is 1.63. The van der Waals surface area contributed by atoms with Crippen molar-refractivity contribution in [3.8, 4) is 0 Å². The van der Waals surface area contributed by atoms with Crippen LogP contribution in [-0.2, 0) is 11.0 Å². The Hall–Kier alpha value is -1.99. The number of Topliss-reactive ketones (excluding diaryl/α,β-unsaturated/α-hetero) is 1. The number of hydrogen-bond donors (Lipinski definition) is 0. The quantitative estimate of drug-likeness (QED) is 0.444. The van der Waals surface area contributed by atoms with Crippen LogP contribution in [0.3, 0.4) is 0 Å². The molecule has 0 aliphatic carbocycles. The minimum absolute atomic E-state index is 0.127. The van der Waals surface area contributed by atoms with Gasteiger partial charge in [0.2, 0.25) is 0 Å². The van der Waals surface area contributed by atoms with Crippen molar-refractivity contribution >= 4 is 17.4 Å². The molecule has 1 aliphatic rings. The number of halogens is 5. The highest BCUT2D eigenvalue weighted by Gasteiger charge is 2.42. The van der Waals surface area contributed by atoms with Gasteiger partial charge < -0.3 is 0 Å². The van der Waals surface area contributed by atoms with Gasteiger partial charge in [-0.1, -0.05) is 0 Å². The van der Waals surface area contributed by atoms with Gasteiger partial charge in [-0.25, -0.2) is 4.90 Å². The van der Waals surface area contributed by atoms with Gasteiger partial charge >= 0.3 is 18.6 Å². The lowest BCUT2D eigenvalue weighted by Crippen LogP contribution is -2.34. The summed E-state index contributed by atoms with van der Waals surface area (Å²) in [5.74, 6) is -2.89. The molecule has 8 heteroatoms. The van der Waals surface area contributed by atoms with E-state index in [-0.39, 0.29) is 4.90 Å². The molecule has 0 saturated heterocycles. The second-order valence-corrected chi connectivity index (χ2v) is 3.51. The van der Waals surface area contributed by atoms with Crippen LogP contribution in [0.1, 0.15) is 15.9 Å². The van der Waals surface area contributed by atoms with Crippen molar-refractivity contribution in [3.63, 3.8) is 0 Å². The van der Waals surface area contributed by atoms with Crippen molar-refractivity contribution in [2.75, 3.05) is 4.90 Å². The van der Waals surface area contributed by atoms with Gasteiger partial charge in [0.25, 0.3) is 5.78 Å². The Morgan fingerprint density at radius 1 is 1.11 bits per heavy atom. The lowest BCUT2D eigenvalue weighted by Gasteiger charge is -2.15. The zero-order valence-corrected chi connectivity index (χ0v) is 8.46. The highest BCUT2D eigenvalue weighted by atomic mass is 19.4. The second kappa shape index (κ2) is 3.76. The molecule has 0 bridgehead atoms. The molecule has 0 fully saturated rings. The topological polar surface area (TPSA) is 37.4 Å². The number of carbonyl (C=O) groups is 2. The van der Waals surface area contributed by atoms with Crippen LogP contribution in [0, 0.1) is 0 Å². The normalized spacial score (nSPS) is 15.6. The number of alkyl halides is 5. The maximum absolute atomic E-state index is 12.5. The van der Waals surface area contributed by atoms with E-state index in [9.17, 15) is 31.5 Å². The van der Waals surface area contributed by atoms with E-state index < -0.39 is 41.2 Å². The van der Waals surface area contributed by atoms with Crippen LogP contribution in [0.15, 0.2) is 18.2 Å². The number of hydrogen-bond acceptors (Lipinski definition) is 2. The number of benzene rings is 1. The molecule has 1 aromatic rings. The molecule has 0 N–H and O–H groups in total. The van der Waals surface area contributed by atoms with E-state index in [0.717, 1.165) is 0 Å². The predicted octanol–water partition coefficient (Wildman–Crippen LogP) is 2.46. The summed E-state index contributed by atoms with van der Waals surface area (Å²) in [6, 6.07) is 1.63. The van der Waals surface area contributed by atoms with Gasteiger partial charge in [-0.05, 0) is 18.2 Å². The van der Waals surface area contributed by atoms with E-state index in [2.05, 4.69) is 0 Å². The number of ketones is 1. The van der Waals surface area contributed by atoms with Crippen LogP contribution in [0.2, 0.25) is 0 Å². The Morgan fingerprint density at radius 2 is 1.72 bits per heavy atom. The second-order valence-electron chi connectivity index (χ2n) is 3.51. The lowest BCUT2D eigenvalue weighted by molar-refractivity contribution is -0.137. The number of fused-ring (bicyclic) bond motifs is 1. The van der Waals surface area contributed by atoms with E-state index in [4.69, 9.17) is 0 Å². The van der Waals surface area contributed by atoms with E-state index in [0.29, 0.717) is 18.2 Å². The summed E-state index contributed by atoms with van der Waals surface area (Å²) in [4.78, 5) is 22.4. The highest BCUT2D eigenvalue weighted by Crippen LogP contribution is 2.37. The summed E-state index contributed by atoms with van der Waals surface area (Å²) >= 11 is 0. The fourth-order valence-electron chi connectivity index (χ4n) is 1.63. The molecule has 0 saturated carbocycles. The molecular formula is C10H4F5NO2. The van der Waals surface area contributed by atoms with Gasteiger partial charge in [0.1, 0.15) is 0 Å². The Labute approximate surface area is 96.8 Å². The molecule has 2 rings (SSSR count). The maximum atomic E-state index is 12.5. The molecule has 18 heavy (non-hydrogen) atoms. The van der Waals surface area contributed by atoms with E-state index in [1.165, 1.54) is 0 Å². The standard InChI is InChI=1S/C10H4F5NO2/c11-9(12)16-6-2-1-4(10(13,14)15)3-5(6)7(17)8(16)18/h1-3,9H. The summed E-state index contributed by atoms with van der Waals surface area (Å²) in [5.41, 5.74) is -2.33. The first-order valence-corrected chi connectivity index (χ1v) is 4.61. The van der Waals surface area contributed by atoms with Crippen molar-refractivity contribution in [2.45, 2.75) is 12.7 Å². The van der Waals surface area contributed by atoms with E-state index in [1.807, 2.05) is 0 Å². The molecule has 0 unspecified atom stereocenters. The fraction of sp³-hybridized carbons (Fsp3) is 0.200. The van der Waals surface area contributed by atoms with Gasteiger partial charge in [-0.2, -0.15) is 22.0 Å².